The lowest BCUT2D eigenvalue weighted by atomic mass is 9.93. The molecular formula is C27H30ClN5O4S. The molecule has 2 heterocycles. The Bertz CT molecular complexity index is 1400. The largest absolute Gasteiger partial charge is 0.377 e. The number of ether oxygens (including phenoxy) is 1. The summed E-state index contributed by atoms with van der Waals surface area (Å²) in [7, 11) is -3.66. The first kappa shape index (κ1) is 26.4. The summed E-state index contributed by atoms with van der Waals surface area (Å²) in [4.78, 5) is 23.9. The molecule has 1 unspecified atom stereocenters. The fourth-order valence-electron chi connectivity index (χ4n) is 4.43. The van der Waals surface area contributed by atoms with E-state index >= 15 is 0 Å². The third kappa shape index (κ3) is 6.25. The minimum absolute atomic E-state index is 0.0768. The van der Waals surface area contributed by atoms with Gasteiger partial charge in [-0.2, -0.15) is 0 Å². The van der Waals surface area contributed by atoms with E-state index in [0.29, 0.717) is 53.4 Å². The number of aromatic nitrogens is 2. The van der Waals surface area contributed by atoms with Crippen LogP contribution in [-0.2, 0) is 20.3 Å². The van der Waals surface area contributed by atoms with Gasteiger partial charge in [0, 0.05) is 34.9 Å². The molecule has 11 heteroatoms. The van der Waals surface area contributed by atoms with E-state index in [2.05, 4.69) is 20.5 Å². The molecule has 9 nitrogen and oxygen atoms in total. The zero-order valence-corrected chi connectivity index (χ0v) is 22.6. The zero-order valence-electron chi connectivity index (χ0n) is 21.1. The van der Waals surface area contributed by atoms with Crippen molar-refractivity contribution in [3.05, 3.63) is 65.3 Å². The van der Waals surface area contributed by atoms with Gasteiger partial charge in [-0.3, -0.25) is 0 Å². The van der Waals surface area contributed by atoms with Gasteiger partial charge in [0.25, 0.3) is 0 Å². The maximum atomic E-state index is 13.2. The maximum absolute atomic E-state index is 13.2. The van der Waals surface area contributed by atoms with E-state index in [0.717, 1.165) is 19.3 Å². The molecule has 2 fully saturated rings. The van der Waals surface area contributed by atoms with Gasteiger partial charge in [-0.15, -0.1) is 0 Å². The summed E-state index contributed by atoms with van der Waals surface area (Å²) in [5.74, 6) is 0.777. The zero-order chi connectivity index (χ0) is 26.7. The highest BCUT2D eigenvalue weighted by Gasteiger charge is 2.24. The van der Waals surface area contributed by atoms with Crippen molar-refractivity contribution >= 4 is 39.0 Å². The highest BCUT2D eigenvalue weighted by molar-refractivity contribution is 7.90. The molecule has 1 aliphatic carbocycles. The molecule has 1 saturated carbocycles. The smallest absolute Gasteiger partial charge is 0.319 e. The van der Waals surface area contributed by atoms with E-state index in [4.69, 9.17) is 21.3 Å². The number of hydrogen-bond donors (Lipinski definition) is 2. The number of hydrogen-bond acceptors (Lipinski definition) is 7. The van der Waals surface area contributed by atoms with Crippen molar-refractivity contribution in [2.75, 3.05) is 30.0 Å². The lowest BCUT2D eigenvalue weighted by molar-refractivity contribution is 0.0985. The first-order valence-electron chi connectivity index (χ1n) is 12.7. The Morgan fingerprint density at radius 3 is 2.50 bits per heavy atom. The number of anilines is 2. The van der Waals surface area contributed by atoms with Crippen LogP contribution in [0, 0.1) is 0 Å². The van der Waals surface area contributed by atoms with Gasteiger partial charge in [0.1, 0.15) is 5.82 Å². The number of nitrogens with one attached hydrogen (secondary N) is 2. The number of morpholine rings is 1. The summed E-state index contributed by atoms with van der Waals surface area (Å²) in [5.41, 5.74) is 1.75. The van der Waals surface area contributed by atoms with E-state index in [9.17, 15) is 13.2 Å². The third-order valence-corrected chi connectivity index (χ3v) is 8.70. The Labute approximate surface area is 227 Å². The molecule has 2 aromatic carbocycles. The fourth-order valence-corrected chi connectivity index (χ4v) is 5.81. The van der Waals surface area contributed by atoms with Crippen LogP contribution in [0.1, 0.15) is 31.9 Å². The molecule has 0 bridgehead atoms. The highest BCUT2D eigenvalue weighted by Crippen LogP contribution is 2.27. The molecule has 200 valence electrons. The number of sulfone groups is 1. The summed E-state index contributed by atoms with van der Waals surface area (Å²) in [6.07, 6.45) is 3.17. The quantitative estimate of drug-likeness (QED) is 0.435. The number of carbonyl (C=O) groups excluding carboxylic acids is 1. The predicted molar refractivity (Wildman–Crippen MR) is 147 cm³/mol. The summed E-state index contributed by atoms with van der Waals surface area (Å²) in [6.45, 7) is 3.80. The van der Waals surface area contributed by atoms with Crippen molar-refractivity contribution in [3.8, 4) is 11.4 Å². The Morgan fingerprint density at radius 1 is 1.11 bits per heavy atom. The lowest BCUT2D eigenvalue weighted by Gasteiger charge is -2.34. The Kier molecular flexibility index (Phi) is 7.83. The number of benzene rings is 2. The molecule has 1 saturated heterocycles. The lowest BCUT2D eigenvalue weighted by Crippen LogP contribution is -2.44. The second-order valence-electron chi connectivity index (χ2n) is 9.68. The predicted octanol–water partition coefficient (Wildman–Crippen LogP) is 4.67. The van der Waals surface area contributed by atoms with Gasteiger partial charge in [0.2, 0.25) is 0 Å². The second-order valence-corrected chi connectivity index (χ2v) is 12.1. The first-order valence-corrected chi connectivity index (χ1v) is 14.7. The van der Waals surface area contributed by atoms with Crippen LogP contribution in [0.2, 0.25) is 5.02 Å². The van der Waals surface area contributed by atoms with Crippen LogP contribution in [0.25, 0.3) is 11.4 Å². The molecule has 0 radical (unpaired) electrons. The van der Waals surface area contributed by atoms with E-state index in [-0.39, 0.29) is 28.8 Å². The molecule has 2 aliphatic rings. The number of halogens is 1. The van der Waals surface area contributed by atoms with Crippen molar-refractivity contribution < 1.29 is 17.9 Å². The van der Waals surface area contributed by atoms with Gasteiger partial charge >= 0.3 is 6.03 Å². The summed E-state index contributed by atoms with van der Waals surface area (Å²) >= 11 is 5.94. The minimum atomic E-state index is -3.66. The number of nitrogens with zero attached hydrogens (tertiary/aromatic N) is 3. The molecular weight excluding hydrogens is 526 g/mol. The van der Waals surface area contributed by atoms with Crippen molar-refractivity contribution in [3.63, 3.8) is 0 Å². The number of urea groups is 1. The summed E-state index contributed by atoms with van der Waals surface area (Å²) < 4.78 is 31.9. The van der Waals surface area contributed by atoms with Gasteiger partial charge in [-0.25, -0.2) is 23.2 Å². The average Bonchev–Trinajstić information content (AvgIpc) is 2.87. The van der Waals surface area contributed by atoms with Crippen LogP contribution in [0.3, 0.4) is 0 Å². The average molecular weight is 556 g/mol. The van der Waals surface area contributed by atoms with Crippen molar-refractivity contribution in [2.24, 2.45) is 0 Å². The van der Waals surface area contributed by atoms with Crippen LogP contribution < -0.4 is 15.5 Å². The topological polar surface area (TPSA) is 114 Å². The van der Waals surface area contributed by atoms with Crippen LogP contribution in [-0.4, -0.2) is 56.3 Å². The number of carbonyl (C=O) groups is 1. The fraction of sp³-hybridized carbons (Fsp3) is 0.370. The second kappa shape index (κ2) is 11.3. The first-order chi connectivity index (χ1) is 18.3. The SMILES string of the molecule is CC1COCCN1c1cc(CS(=O)(=O)c2ccc(Cl)cc2)nc(-c2ccc(NC(=O)NC3CCC3)cc2)n1. The minimum Gasteiger partial charge on any atom is -0.377 e. The van der Waals surface area contributed by atoms with Crippen LogP contribution in [0.5, 0.6) is 0 Å². The van der Waals surface area contributed by atoms with Crippen molar-refractivity contribution in [1.29, 1.82) is 0 Å². The molecule has 1 aliphatic heterocycles. The normalized spacial score (nSPS) is 18.1. The van der Waals surface area contributed by atoms with Gasteiger partial charge < -0.3 is 20.3 Å². The molecule has 5 rings (SSSR count). The molecule has 2 N–H and O–H groups in total. The molecule has 1 atom stereocenters. The van der Waals surface area contributed by atoms with Gasteiger partial charge in [0.05, 0.1) is 35.6 Å². The van der Waals surface area contributed by atoms with E-state index in [1.54, 1.807) is 30.3 Å². The summed E-state index contributed by atoms with van der Waals surface area (Å²) in [5, 5.41) is 6.27. The maximum Gasteiger partial charge on any atom is 0.319 e. The molecule has 2 amide bonds. The van der Waals surface area contributed by atoms with Crippen LogP contribution in [0.4, 0.5) is 16.3 Å². The number of rotatable bonds is 7. The molecule has 1 aromatic heterocycles. The van der Waals surface area contributed by atoms with Gasteiger partial charge in [-0.1, -0.05) is 11.6 Å². The van der Waals surface area contributed by atoms with E-state index in [1.165, 1.54) is 12.1 Å². The van der Waals surface area contributed by atoms with Crippen LogP contribution in [0.15, 0.2) is 59.5 Å². The molecule has 0 spiro atoms. The highest BCUT2D eigenvalue weighted by atomic mass is 35.5. The third-order valence-electron chi connectivity index (χ3n) is 6.78. The van der Waals surface area contributed by atoms with Crippen molar-refractivity contribution in [2.45, 2.75) is 48.9 Å². The summed E-state index contributed by atoms with van der Waals surface area (Å²) in [6, 6.07) is 15.2. The number of amides is 2. The van der Waals surface area contributed by atoms with Crippen LogP contribution >= 0.6 is 11.6 Å². The Balaban J connectivity index is 1.42. The van der Waals surface area contributed by atoms with E-state index < -0.39 is 9.84 Å². The molecule has 3 aromatic rings. The Hall–Kier alpha value is -3.21. The van der Waals surface area contributed by atoms with Gasteiger partial charge in [-0.05, 0) is 74.7 Å². The van der Waals surface area contributed by atoms with Gasteiger partial charge in [0.15, 0.2) is 15.7 Å². The monoisotopic (exact) mass is 555 g/mol. The standard InChI is InChI=1S/C27H30ClN5O4S/c1-18-16-37-14-13-33(18)25-15-23(17-38(35,36)24-11-7-20(28)8-12-24)29-26(32-25)19-5-9-22(10-6-19)31-27(34)30-21-3-2-4-21/h5-12,15,18,21H,2-4,13-14,16-17H2,1H3,(H2,30,31,34). The van der Waals surface area contributed by atoms with Crippen molar-refractivity contribution in [1.82, 2.24) is 15.3 Å². The molecule has 38 heavy (non-hydrogen) atoms. The Morgan fingerprint density at radius 2 is 1.84 bits per heavy atom. The van der Waals surface area contributed by atoms with E-state index in [1.807, 2.05) is 19.1 Å².